The van der Waals surface area contributed by atoms with Crippen molar-refractivity contribution in [2.45, 2.75) is 294 Å². The van der Waals surface area contributed by atoms with Crippen LogP contribution in [0.1, 0.15) is 288 Å². The minimum absolute atomic E-state index is 0.0112. The van der Waals surface area contributed by atoms with E-state index < -0.39 is 54.0 Å². The summed E-state index contributed by atoms with van der Waals surface area (Å²) in [6, 6.07) is 16.4. The zero-order chi connectivity index (χ0) is 113. The van der Waals surface area contributed by atoms with Crippen LogP contribution in [-0.2, 0) is 90.8 Å². The Morgan fingerprint density at radius 3 is 1.32 bits per heavy atom. The van der Waals surface area contributed by atoms with Gasteiger partial charge in [0.05, 0.1) is 49.6 Å². The number of carbonyl (C=O) groups excluding carboxylic acids is 17. The normalized spacial score (nSPS) is 17.5. The van der Waals surface area contributed by atoms with Gasteiger partial charge in [-0.3, -0.25) is 53.7 Å². The Bertz CT molecular complexity index is 3960. The Labute approximate surface area is 852 Å². The number of nitrogens with two attached hydrogens (primary N) is 5. The Hall–Kier alpha value is -11.3. The molecule has 2 saturated heterocycles. The monoisotopic (exact) mass is 2100 g/mol. The van der Waals surface area contributed by atoms with Crippen LogP contribution in [0.15, 0.2) is 60.7 Å². The molecule has 2 unspecified atom stereocenters. The molecular formula is C98H163F2N9O34Si2. The second kappa shape index (κ2) is 101. The van der Waals surface area contributed by atoms with Gasteiger partial charge in [0, 0.05) is 170 Å². The summed E-state index contributed by atoms with van der Waals surface area (Å²) in [6.07, 6.45) is 34.7. The molecule has 3 amide bonds. The number of ether oxygens (including phenoxy) is 6. The summed E-state index contributed by atoms with van der Waals surface area (Å²) in [5, 5.41) is 81.9. The smallest absolute Gasteiger partial charge is 0.373 e. The number of primary amides is 1. The first-order valence-corrected chi connectivity index (χ1v) is 52.9. The van der Waals surface area contributed by atoms with Crippen LogP contribution in [-0.4, -0.2) is 303 Å². The first-order chi connectivity index (χ1) is 68.7. The first-order valence-electron chi connectivity index (χ1n) is 47.2. The highest BCUT2D eigenvalue weighted by molar-refractivity contribution is 6.59. The number of nitrogens with zero attached hydrogens (tertiary/aromatic N) is 2. The predicted octanol–water partition coefficient (Wildman–Crippen LogP) is 9.19. The fourth-order valence-corrected chi connectivity index (χ4v) is 15.6. The van der Waals surface area contributed by atoms with E-state index in [1.807, 2.05) is 14.0 Å². The van der Waals surface area contributed by atoms with Crippen LogP contribution in [0.2, 0.25) is 37.3 Å². The molecule has 2 heterocycles. The second-order valence-corrected chi connectivity index (χ2v) is 39.8. The first kappa shape index (κ1) is 151. The van der Waals surface area contributed by atoms with E-state index in [9.17, 15) is 76.5 Å². The van der Waals surface area contributed by atoms with E-state index in [-0.39, 0.29) is 119 Å². The van der Waals surface area contributed by atoms with E-state index in [2.05, 4.69) is 56.6 Å². The molecule has 5 aliphatic carbocycles. The molecule has 20 N–H and O–H groups in total. The zero-order valence-corrected chi connectivity index (χ0v) is 88.5. The van der Waals surface area contributed by atoms with Crippen molar-refractivity contribution in [3.63, 3.8) is 0 Å². The molecule has 0 aromatic heterocycles. The Balaban J connectivity index is -0.000000195. The third-order valence-electron chi connectivity index (χ3n) is 21.5. The summed E-state index contributed by atoms with van der Waals surface area (Å²) < 4.78 is 51.3. The average molecular weight is 2110 g/mol. The average Bonchev–Trinajstić information content (AvgIpc) is 1.81. The number of aliphatic carboxylic acids is 1. The third-order valence-corrected chi connectivity index (χ3v) is 26.9. The molecular weight excluding hydrogens is 1940 g/mol. The van der Waals surface area contributed by atoms with E-state index in [1.54, 1.807) is 69.4 Å². The largest absolute Gasteiger partial charge is 0.497 e. The lowest BCUT2D eigenvalue weighted by atomic mass is 9.85. The maximum absolute atomic E-state index is 11.1. The van der Waals surface area contributed by atoms with Crippen molar-refractivity contribution >= 4 is 135 Å². The number of aliphatic hydroxyl groups excluding tert-OH is 2. The number of methoxy groups -OCH3 is 5. The molecule has 43 nitrogen and oxygen atoms in total. The van der Waals surface area contributed by atoms with Crippen molar-refractivity contribution in [2.75, 3.05) is 81.7 Å². The van der Waals surface area contributed by atoms with Crippen LogP contribution >= 0.6 is 0 Å². The lowest BCUT2D eigenvalue weighted by molar-refractivity contribution is -0.208. The molecule has 10 rings (SSSR count). The standard InChI is InChI=1S/C10H22Si.2C9H6O4.C9H18O.C8H15NO3.C8H10O3.C8H14O2.C7H14O2.C6H10N2O3.C5H10N2O.C4H12Si.C3H4F2O.C3H5NO.C3H7N.C2H5NO2.CH5NO.3CO2/c1-3-9-11(2)10-7-5-4-6-8-10;10-4-6-1-2-8(9(12)13)7(3-6)5-11;10-4-6-1-2-7(5-11)8(3-6)9(12)13;1-3-8-4-6-9(10-2)7-5-8;1-12-8(11)4-2-6(3-5-8)7(9)10;1-11-7-4-2-6(3-5-7)8(9)10;1-10-8-4-2-7(6-9)3-5-8;1-9-7(8)5-3-2-4-6-7;7-4(3-5(9)10)6(11)8-1-2-8;6-2-1-5(8)7-3-4-7;1-4-5(2)3;1-3(4,5)2-6;4-2-1-3-5;1-2-3-4;3-1-5-2-4;4*2-1-3/h10-11H,3-9H2,1-2H3;2*1-5H,(H,12,13);8-9H,3-7H2,1-2H3;6,11H,2-5H2,1H3,(H2,9,10);2-5,8-10H,1H3;6-8H,2-5H2,1H3;8H,2-6H2,1H3;4H,1-3,7H2,(H,9,10);1-4,6H2;5H,4H2,1-3H3;2H,1H3;2-4H,1H2;3-4H,2H2,1H3;2H,1,3H2;3H,1-2H2;;;. The summed E-state index contributed by atoms with van der Waals surface area (Å²) in [7, 11) is 7.75. The summed E-state index contributed by atoms with van der Waals surface area (Å²) in [4.78, 5) is 195. The quantitative estimate of drug-likeness (QED) is 0.00971. The van der Waals surface area contributed by atoms with E-state index in [0.717, 1.165) is 89.3 Å². The molecule has 7 fully saturated rings. The third kappa shape index (κ3) is 92.3. The van der Waals surface area contributed by atoms with Crippen molar-refractivity contribution in [1.82, 2.24) is 9.80 Å². The van der Waals surface area contributed by atoms with Gasteiger partial charge in [0.2, 0.25) is 17.7 Å². The molecule has 0 spiro atoms. The highest BCUT2D eigenvalue weighted by Crippen LogP contribution is 2.35. The van der Waals surface area contributed by atoms with Crippen LogP contribution in [0, 0.1) is 28.6 Å². The number of halogens is 2. The Kier molecular flexibility index (Phi) is 106. The number of carboxylic acids is 3. The van der Waals surface area contributed by atoms with Crippen molar-refractivity contribution in [3.8, 4) is 5.75 Å². The Morgan fingerprint density at radius 1 is 0.593 bits per heavy atom. The van der Waals surface area contributed by atoms with Gasteiger partial charge in [0.25, 0.3) is 12.4 Å². The number of hydrogen-bond donors (Lipinski definition) is 15. The van der Waals surface area contributed by atoms with Crippen LogP contribution in [0.25, 0.3) is 0 Å². The summed E-state index contributed by atoms with van der Waals surface area (Å²) in [6.45, 7) is 20.5. The number of carboxylic acid groups (broad SMARTS) is 3. The van der Waals surface area contributed by atoms with Crippen molar-refractivity contribution in [2.24, 2.45) is 46.4 Å². The number of carbonyl (C=O) groups is 14. The maximum Gasteiger partial charge on any atom is 0.373 e. The number of alkyl halides is 2. The van der Waals surface area contributed by atoms with Gasteiger partial charge in [0.15, 0.2) is 36.7 Å². The van der Waals surface area contributed by atoms with Crippen LogP contribution in [0.3, 0.4) is 0 Å². The van der Waals surface area contributed by atoms with Gasteiger partial charge >= 0.3 is 36.4 Å². The van der Waals surface area contributed by atoms with E-state index in [4.69, 9.17) is 121 Å². The lowest BCUT2D eigenvalue weighted by Crippen LogP contribution is -2.39. The number of hydrogen-bond acceptors (Lipinski definition) is 37. The number of benzene rings is 3. The number of aldehydes is 7. The molecule has 3 aromatic rings. The van der Waals surface area contributed by atoms with E-state index in [0.29, 0.717) is 126 Å². The summed E-state index contributed by atoms with van der Waals surface area (Å²) in [5.74, 6) is -6.77. The zero-order valence-electron chi connectivity index (χ0n) is 86.2. The van der Waals surface area contributed by atoms with Crippen LogP contribution in [0.5, 0.6) is 5.75 Å². The molecule has 0 bridgehead atoms. The molecule has 7 aliphatic rings. The fraction of sp³-hybridized carbons (Fsp3) is 0.622. The molecule has 5 saturated carbocycles. The maximum atomic E-state index is 11.1. The van der Waals surface area contributed by atoms with E-state index in [1.165, 1.54) is 130 Å². The van der Waals surface area contributed by atoms with Crippen molar-refractivity contribution in [1.29, 1.82) is 10.8 Å². The molecule has 47 heteroatoms. The minimum Gasteiger partial charge on any atom is -0.497 e. The molecule has 826 valence electrons. The number of aliphatic hydroxyl groups is 5. The highest BCUT2D eigenvalue weighted by atomic mass is 28.3. The predicted molar refractivity (Wildman–Crippen MR) is 538 cm³/mol. The number of rotatable bonds is 30. The number of nitrogens with one attached hydrogen (secondary N) is 2. The van der Waals surface area contributed by atoms with Gasteiger partial charge in [-0.05, 0) is 131 Å². The van der Waals surface area contributed by atoms with Gasteiger partial charge < -0.3 is 122 Å². The highest BCUT2D eigenvalue weighted by Gasteiger charge is 2.35. The fourth-order valence-electron chi connectivity index (χ4n) is 12.6. The van der Waals surface area contributed by atoms with Gasteiger partial charge in [0.1, 0.15) is 37.6 Å². The van der Waals surface area contributed by atoms with Crippen molar-refractivity contribution < 1.29 is 174 Å². The topological polar surface area (TPSA) is 742 Å². The molecule has 2 aliphatic heterocycles. The molecule has 2 atom stereocenters. The van der Waals surface area contributed by atoms with Gasteiger partial charge in [-0.2, -0.15) is 37.5 Å². The van der Waals surface area contributed by atoms with E-state index >= 15 is 0 Å². The van der Waals surface area contributed by atoms with Crippen LogP contribution < -0.4 is 33.4 Å². The SMILES string of the molecule is CC(F)(F)C=O.CCC1CCC(OC)CC1.CCC=N.CCC[SiH](C)C1CCCCC1.CC[SiH](C)C.COC1(O)CCC(C(N)=O)CC1.COC1(O)CCCCC1.COC1CCC(C=O)CC1.COc1ccc(C(O)O)cc1.N=CCC=O.NC(CC(=O)O)C(=O)N1CC1.NCCC(=O)N1CC1.NCO.NCOC=O.O=C=O.O=C=O.O=C=O.O=Cc1ccc(C(=O)O)c(C=O)c1.O=Cc1ccc(C=O)c(C(=O)O)c1. The molecule has 0 radical (unpaired) electrons. The Morgan fingerprint density at radius 2 is 1.02 bits per heavy atom. The van der Waals surface area contributed by atoms with Crippen molar-refractivity contribution in [3.05, 3.63) is 99.6 Å². The minimum atomic E-state index is -3.14. The number of amides is 3. The van der Waals surface area contributed by atoms with Gasteiger partial charge in [-0.15, -0.1) is 0 Å². The molecule has 3 aromatic carbocycles. The summed E-state index contributed by atoms with van der Waals surface area (Å²) >= 11 is 0. The van der Waals surface area contributed by atoms with Crippen LogP contribution in [0.4, 0.5) is 8.78 Å². The van der Waals surface area contributed by atoms with Gasteiger partial charge in [-0.1, -0.05) is 141 Å². The van der Waals surface area contributed by atoms with Gasteiger partial charge in [-0.25, -0.2) is 9.59 Å². The lowest BCUT2D eigenvalue weighted by Gasteiger charge is -2.33. The molecule has 145 heavy (non-hydrogen) atoms. The summed E-state index contributed by atoms with van der Waals surface area (Å²) in [5.41, 5.74) is 26.7. The number of aromatic carboxylic acids is 2. The second-order valence-electron chi connectivity index (χ2n) is 32.7.